The Kier molecular flexibility index (Phi) is 2.91. The Labute approximate surface area is 102 Å². The molecule has 2 heteroatoms. The molecule has 0 bridgehead atoms. The summed E-state index contributed by atoms with van der Waals surface area (Å²) in [5, 5.41) is 3.34. The summed E-state index contributed by atoms with van der Waals surface area (Å²) in [7, 11) is 1.96. The van der Waals surface area contributed by atoms with Crippen molar-refractivity contribution in [2.45, 2.75) is 31.7 Å². The highest BCUT2D eigenvalue weighted by Crippen LogP contribution is 2.60. The maximum atomic E-state index is 13.9. The molecule has 0 aromatic heterocycles. The van der Waals surface area contributed by atoms with Crippen molar-refractivity contribution in [3.63, 3.8) is 0 Å². The minimum Gasteiger partial charge on any atom is -0.313 e. The van der Waals surface area contributed by atoms with Crippen LogP contribution in [0.3, 0.4) is 0 Å². The summed E-state index contributed by atoms with van der Waals surface area (Å²) in [6.45, 7) is 0. The molecular formula is C15H20FN. The molecule has 92 valence electrons. The fourth-order valence-corrected chi connectivity index (χ4v) is 3.82. The zero-order chi connectivity index (χ0) is 11.8. The topological polar surface area (TPSA) is 12.0 Å². The van der Waals surface area contributed by atoms with E-state index in [4.69, 9.17) is 0 Å². The summed E-state index contributed by atoms with van der Waals surface area (Å²) in [6.07, 6.45) is 5.43. The van der Waals surface area contributed by atoms with Gasteiger partial charge in [-0.15, -0.1) is 0 Å². The Morgan fingerprint density at radius 2 is 1.82 bits per heavy atom. The highest BCUT2D eigenvalue weighted by Gasteiger charge is 2.54. The van der Waals surface area contributed by atoms with Gasteiger partial charge in [0.1, 0.15) is 5.82 Å². The minimum atomic E-state index is -0.0597. The summed E-state index contributed by atoms with van der Waals surface area (Å²) in [5.74, 6) is 2.30. The number of hydrogen-bond donors (Lipinski definition) is 1. The van der Waals surface area contributed by atoms with Gasteiger partial charge in [-0.05, 0) is 43.7 Å². The third-order valence-electron chi connectivity index (χ3n) is 4.66. The molecule has 1 N–H and O–H groups in total. The standard InChI is InChI=1S/C15H20FN/c1-17-15(12-8-4-5-9-13(12)16)14-10-6-2-3-7-11(10)14/h4-5,8-11,14-15,17H,2-3,6-7H2,1H3. The number of halogens is 1. The van der Waals surface area contributed by atoms with E-state index < -0.39 is 0 Å². The fourth-order valence-electron chi connectivity index (χ4n) is 3.82. The van der Waals surface area contributed by atoms with Gasteiger partial charge < -0.3 is 5.32 Å². The van der Waals surface area contributed by atoms with Crippen LogP contribution in [0.4, 0.5) is 4.39 Å². The first-order chi connectivity index (χ1) is 8.33. The van der Waals surface area contributed by atoms with Crippen molar-refractivity contribution in [3.8, 4) is 0 Å². The molecule has 3 atom stereocenters. The highest BCUT2D eigenvalue weighted by molar-refractivity contribution is 5.25. The fraction of sp³-hybridized carbons (Fsp3) is 0.600. The van der Waals surface area contributed by atoms with Crippen LogP contribution in [-0.4, -0.2) is 7.05 Å². The van der Waals surface area contributed by atoms with Crippen molar-refractivity contribution in [2.75, 3.05) is 7.05 Å². The molecule has 0 heterocycles. The van der Waals surface area contributed by atoms with Crippen LogP contribution in [0, 0.1) is 23.6 Å². The third-order valence-corrected chi connectivity index (χ3v) is 4.66. The van der Waals surface area contributed by atoms with Gasteiger partial charge in [-0.1, -0.05) is 31.0 Å². The molecule has 2 saturated carbocycles. The lowest BCUT2D eigenvalue weighted by Crippen LogP contribution is -2.21. The van der Waals surface area contributed by atoms with E-state index in [1.165, 1.54) is 25.7 Å². The summed E-state index contributed by atoms with van der Waals surface area (Å²) in [5.41, 5.74) is 0.856. The van der Waals surface area contributed by atoms with E-state index in [0.29, 0.717) is 5.92 Å². The van der Waals surface area contributed by atoms with Gasteiger partial charge in [0.25, 0.3) is 0 Å². The molecule has 1 aromatic rings. The van der Waals surface area contributed by atoms with Gasteiger partial charge in [0.05, 0.1) is 0 Å². The number of benzene rings is 1. The Morgan fingerprint density at radius 1 is 1.18 bits per heavy atom. The maximum Gasteiger partial charge on any atom is 0.127 e. The van der Waals surface area contributed by atoms with E-state index in [0.717, 1.165) is 17.4 Å². The van der Waals surface area contributed by atoms with Gasteiger partial charge in [-0.2, -0.15) is 0 Å². The van der Waals surface area contributed by atoms with Gasteiger partial charge in [-0.25, -0.2) is 4.39 Å². The van der Waals surface area contributed by atoms with Crippen LogP contribution >= 0.6 is 0 Å². The van der Waals surface area contributed by atoms with Gasteiger partial charge in [0, 0.05) is 11.6 Å². The van der Waals surface area contributed by atoms with Crippen LogP contribution in [0.5, 0.6) is 0 Å². The zero-order valence-electron chi connectivity index (χ0n) is 10.3. The van der Waals surface area contributed by atoms with Crippen molar-refractivity contribution in [2.24, 2.45) is 17.8 Å². The number of nitrogens with one attached hydrogen (secondary N) is 1. The molecule has 0 amide bonds. The summed E-state index contributed by atoms with van der Waals surface area (Å²) < 4.78 is 13.9. The summed E-state index contributed by atoms with van der Waals surface area (Å²) >= 11 is 0. The molecule has 0 radical (unpaired) electrons. The van der Waals surface area contributed by atoms with Crippen molar-refractivity contribution >= 4 is 0 Å². The monoisotopic (exact) mass is 233 g/mol. The highest BCUT2D eigenvalue weighted by atomic mass is 19.1. The molecule has 2 aliphatic rings. The second-order valence-electron chi connectivity index (χ2n) is 5.48. The molecule has 0 aliphatic heterocycles. The maximum absolute atomic E-state index is 13.9. The Balaban J connectivity index is 1.83. The Morgan fingerprint density at radius 3 is 2.41 bits per heavy atom. The molecule has 1 nitrogen and oxygen atoms in total. The van der Waals surface area contributed by atoms with Crippen LogP contribution in [0.25, 0.3) is 0 Å². The van der Waals surface area contributed by atoms with Crippen molar-refractivity contribution in [1.82, 2.24) is 5.32 Å². The van der Waals surface area contributed by atoms with Crippen LogP contribution < -0.4 is 5.32 Å². The van der Waals surface area contributed by atoms with E-state index in [2.05, 4.69) is 5.32 Å². The normalized spacial score (nSPS) is 32.9. The van der Waals surface area contributed by atoms with Crippen LogP contribution in [-0.2, 0) is 0 Å². The molecular weight excluding hydrogens is 213 g/mol. The minimum absolute atomic E-state index is 0.0597. The van der Waals surface area contributed by atoms with Crippen LogP contribution in [0.2, 0.25) is 0 Å². The van der Waals surface area contributed by atoms with Gasteiger partial charge in [0.15, 0.2) is 0 Å². The lowest BCUT2D eigenvalue weighted by molar-refractivity contribution is 0.457. The van der Waals surface area contributed by atoms with Crippen molar-refractivity contribution < 1.29 is 4.39 Å². The van der Waals surface area contributed by atoms with E-state index in [-0.39, 0.29) is 11.9 Å². The molecule has 3 rings (SSSR count). The number of rotatable bonds is 3. The first-order valence-electron chi connectivity index (χ1n) is 6.74. The van der Waals surface area contributed by atoms with E-state index >= 15 is 0 Å². The van der Waals surface area contributed by atoms with Crippen molar-refractivity contribution in [1.29, 1.82) is 0 Å². The van der Waals surface area contributed by atoms with Crippen LogP contribution in [0.1, 0.15) is 37.3 Å². The molecule has 0 saturated heterocycles. The van der Waals surface area contributed by atoms with E-state index in [9.17, 15) is 4.39 Å². The zero-order valence-corrected chi connectivity index (χ0v) is 10.3. The first kappa shape index (κ1) is 11.2. The molecule has 1 aromatic carbocycles. The lowest BCUT2D eigenvalue weighted by atomic mass is 9.99. The van der Waals surface area contributed by atoms with E-state index in [1.807, 2.05) is 19.2 Å². The summed E-state index contributed by atoms with van der Waals surface area (Å²) in [6, 6.07) is 7.43. The largest absolute Gasteiger partial charge is 0.313 e. The predicted octanol–water partition coefficient (Wildman–Crippen LogP) is 3.52. The predicted molar refractivity (Wildman–Crippen MR) is 67.1 cm³/mol. The van der Waals surface area contributed by atoms with Gasteiger partial charge in [-0.3, -0.25) is 0 Å². The molecule has 2 fully saturated rings. The second-order valence-corrected chi connectivity index (χ2v) is 5.48. The smallest absolute Gasteiger partial charge is 0.127 e. The molecule has 2 aliphatic carbocycles. The SMILES string of the molecule is CNC(c1ccccc1F)C1C2CCCCC21. The number of fused-ring (bicyclic) bond motifs is 1. The van der Waals surface area contributed by atoms with Gasteiger partial charge in [0.2, 0.25) is 0 Å². The quantitative estimate of drug-likeness (QED) is 0.842. The number of hydrogen-bond acceptors (Lipinski definition) is 1. The third kappa shape index (κ3) is 1.89. The average Bonchev–Trinajstić information content (AvgIpc) is 3.07. The Bertz CT molecular complexity index is 392. The van der Waals surface area contributed by atoms with Gasteiger partial charge >= 0.3 is 0 Å². The molecule has 0 spiro atoms. The second kappa shape index (κ2) is 4.41. The average molecular weight is 233 g/mol. The Hall–Kier alpha value is -0.890. The first-order valence-corrected chi connectivity index (χ1v) is 6.74. The molecule has 3 unspecified atom stereocenters. The lowest BCUT2D eigenvalue weighted by Gasteiger charge is -2.17. The van der Waals surface area contributed by atoms with Crippen molar-refractivity contribution in [3.05, 3.63) is 35.6 Å². The molecule has 17 heavy (non-hydrogen) atoms. The summed E-state index contributed by atoms with van der Waals surface area (Å²) in [4.78, 5) is 0. The van der Waals surface area contributed by atoms with Crippen LogP contribution in [0.15, 0.2) is 24.3 Å². The van der Waals surface area contributed by atoms with E-state index in [1.54, 1.807) is 12.1 Å².